The minimum absolute atomic E-state index is 0.0998. The largest absolute Gasteiger partial charge is 0.383 e. The van der Waals surface area contributed by atoms with Gasteiger partial charge in [-0.1, -0.05) is 0 Å². The lowest BCUT2D eigenvalue weighted by Gasteiger charge is -2.17. The van der Waals surface area contributed by atoms with Crippen molar-refractivity contribution in [1.29, 1.82) is 0 Å². The number of urea groups is 1. The van der Waals surface area contributed by atoms with Gasteiger partial charge in [0.05, 0.1) is 18.2 Å². The molecule has 1 saturated heterocycles. The van der Waals surface area contributed by atoms with Gasteiger partial charge in [-0.05, 0) is 0 Å². The molecule has 0 unspecified atom stereocenters. The zero-order chi connectivity index (χ0) is 17.1. The van der Waals surface area contributed by atoms with Crippen LogP contribution in [0.1, 0.15) is 0 Å². The van der Waals surface area contributed by atoms with Gasteiger partial charge in [0.15, 0.2) is 5.65 Å². The molecule has 0 aliphatic carbocycles. The van der Waals surface area contributed by atoms with Gasteiger partial charge in [-0.2, -0.15) is 5.10 Å². The molecule has 1 N–H and O–H groups in total. The molecule has 24 heavy (non-hydrogen) atoms. The summed E-state index contributed by atoms with van der Waals surface area (Å²) in [5.74, 6) is 0.426. The molecule has 0 spiro atoms. The van der Waals surface area contributed by atoms with Gasteiger partial charge in [0.2, 0.25) is 5.91 Å². The molecular weight excluding hydrogens is 314 g/mol. The van der Waals surface area contributed by atoms with E-state index in [-0.39, 0.29) is 25.0 Å². The second-order valence-electron chi connectivity index (χ2n) is 5.40. The Balaban J connectivity index is 1.60. The predicted octanol–water partition coefficient (Wildman–Crippen LogP) is -0.314. The van der Waals surface area contributed by atoms with Crippen LogP contribution < -0.4 is 5.32 Å². The van der Waals surface area contributed by atoms with E-state index in [1.54, 1.807) is 25.0 Å². The van der Waals surface area contributed by atoms with Gasteiger partial charge in [0.25, 0.3) is 0 Å². The summed E-state index contributed by atoms with van der Waals surface area (Å²) in [7, 11) is 3.36. The van der Waals surface area contributed by atoms with Crippen molar-refractivity contribution in [3.05, 3.63) is 12.5 Å². The van der Waals surface area contributed by atoms with Crippen molar-refractivity contribution in [3.63, 3.8) is 0 Å². The predicted molar refractivity (Wildman–Crippen MR) is 85.4 cm³/mol. The first kappa shape index (κ1) is 16.1. The molecule has 1 aliphatic rings. The van der Waals surface area contributed by atoms with Crippen LogP contribution in [0.2, 0.25) is 0 Å². The van der Waals surface area contributed by atoms with Gasteiger partial charge < -0.3 is 15.0 Å². The van der Waals surface area contributed by atoms with E-state index in [4.69, 9.17) is 4.74 Å². The third kappa shape index (κ3) is 3.00. The third-order valence-corrected chi connectivity index (χ3v) is 3.85. The zero-order valence-electron chi connectivity index (χ0n) is 13.6. The molecule has 3 heterocycles. The fraction of sp³-hybridized carbons (Fsp3) is 0.500. The molecule has 3 amide bonds. The first-order valence-electron chi connectivity index (χ1n) is 7.56. The molecule has 0 radical (unpaired) electrons. The van der Waals surface area contributed by atoms with Crippen LogP contribution >= 0.6 is 0 Å². The Morgan fingerprint density at radius 3 is 2.92 bits per heavy atom. The summed E-state index contributed by atoms with van der Waals surface area (Å²) >= 11 is 0. The van der Waals surface area contributed by atoms with Crippen molar-refractivity contribution in [2.75, 3.05) is 45.2 Å². The smallest absolute Gasteiger partial charge is 0.327 e. The molecule has 1 fully saturated rings. The molecule has 0 saturated carbocycles. The molecule has 128 valence electrons. The Bertz CT molecular complexity index is 760. The number of nitrogens with one attached hydrogen (secondary N) is 1. The zero-order valence-corrected chi connectivity index (χ0v) is 13.6. The molecule has 10 heteroatoms. The molecule has 3 rings (SSSR count). The SMILES string of the molecule is COCCN1CC(=O)N(CCNc2ncnc3c2cnn3C)C1=O. The monoisotopic (exact) mass is 333 g/mol. The van der Waals surface area contributed by atoms with Gasteiger partial charge in [-0.15, -0.1) is 0 Å². The summed E-state index contributed by atoms with van der Waals surface area (Å²) in [5.41, 5.74) is 0.714. The maximum absolute atomic E-state index is 12.2. The summed E-state index contributed by atoms with van der Waals surface area (Å²) in [6.45, 7) is 1.59. The summed E-state index contributed by atoms with van der Waals surface area (Å²) in [6, 6.07) is -0.284. The normalized spacial score (nSPS) is 14.9. The van der Waals surface area contributed by atoms with Crippen LogP contribution in [0.4, 0.5) is 10.6 Å². The van der Waals surface area contributed by atoms with Crippen LogP contribution in [0.15, 0.2) is 12.5 Å². The number of amides is 3. The standard InChI is InChI=1S/C14H19N7O3/c1-19-13-10(7-18-19)12(16-9-17-13)15-3-4-21-11(22)8-20(14(21)23)5-6-24-2/h7,9H,3-6,8H2,1-2H3,(H,15,16,17). The number of rotatable bonds is 7. The van der Waals surface area contributed by atoms with Crippen molar-refractivity contribution in [1.82, 2.24) is 29.5 Å². The minimum Gasteiger partial charge on any atom is -0.383 e. The van der Waals surface area contributed by atoms with E-state index >= 15 is 0 Å². The Morgan fingerprint density at radius 2 is 2.12 bits per heavy atom. The van der Waals surface area contributed by atoms with Crippen LogP contribution in [0.3, 0.4) is 0 Å². The minimum atomic E-state index is -0.284. The van der Waals surface area contributed by atoms with Crippen LogP contribution in [0, 0.1) is 0 Å². The second-order valence-corrected chi connectivity index (χ2v) is 5.40. The molecule has 2 aromatic rings. The summed E-state index contributed by atoms with van der Waals surface area (Å²) in [6.07, 6.45) is 3.13. The summed E-state index contributed by atoms with van der Waals surface area (Å²) < 4.78 is 6.60. The molecule has 10 nitrogen and oxygen atoms in total. The molecule has 2 aromatic heterocycles. The van der Waals surface area contributed by atoms with Crippen molar-refractivity contribution >= 4 is 28.8 Å². The van der Waals surface area contributed by atoms with Crippen LogP contribution in [-0.4, -0.2) is 81.4 Å². The number of aryl methyl sites for hydroxylation is 1. The highest BCUT2D eigenvalue weighted by Gasteiger charge is 2.35. The van der Waals surface area contributed by atoms with Gasteiger partial charge >= 0.3 is 6.03 Å². The number of ether oxygens (including phenoxy) is 1. The Morgan fingerprint density at radius 1 is 1.29 bits per heavy atom. The highest BCUT2D eigenvalue weighted by molar-refractivity contribution is 6.02. The summed E-state index contributed by atoms with van der Waals surface area (Å²) in [4.78, 5) is 35.2. The Hall–Kier alpha value is -2.75. The van der Waals surface area contributed by atoms with Gasteiger partial charge in [-0.3, -0.25) is 14.4 Å². The van der Waals surface area contributed by atoms with E-state index in [0.29, 0.717) is 31.2 Å². The van der Waals surface area contributed by atoms with Crippen molar-refractivity contribution in [2.24, 2.45) is 7.05 Å². The average Bonchev–Trinajstić information content (AvgIpc) is 3.08. The number of imide groups is 1. The van der Waals surface area contributed by atoms with Crippen LogP contribution in [0.25, 0.3) is 11.0 Å². The van der Waals surface area contributed by atoms with E-state index in [1.165, 1.54) is 16.1 Å². The van der Waals surface area contributed by atoms with E-state index in [0.717, 1.165) is 5.39 Å². The topological polar surface area (TPSA) is 105 Å². The van der Waals surface area contributed by atoms with Crippen molar-refractivity contribution in [3.8, 4) is 0 Å². The lowest BCUT2D eigenvalue weighted by atomic mass is 10.4. The maximum atomic E-state index is 12.2. The van der Waals surface area contributed by atoms with Crippen LogP contribution in [0.5, 0.6) is 0 Å². The number of aromatic nitrogens is 4. The van der Waals surface area contributed by atoms with Crippen molar-refractivity contribution in [2.45, 2.75) is 0 Å². The average molecular weight is 333 g/mol. The number of nitrogens with zero attached hydrogens (tertiary/aromatic N) is 6. The number of hydrogen-bond acceptors (Lipinski definition) is 7. The lowest BCUT2D eigenvalue weighted by molar-refractivity contribution is -0.125. The molecule has 0 bridgehead atoms. The molecule has 0 aromatic carbocycles. The van der Waals surface area contributed by atoms with Crippen LogP contribution in [-0.2, 0) is 16.6 Å². The third-order valence-electron chi connectivity index (χ3n) is 3.85. The van der Waals surface area contributed by atoms with E-state index in [2.05, 4.69) is 20.4 Å². The number of carbonyl (C=O) groups is 2. The molecule has 1 aliphatic heterocycles. The fourth-order valence-electron chi connectivity index (χ4n) is 2.58. The number of anilines is 1. The number of fused-ring (bicyclic) bond motifs is 1. The number of carbonyl (C=O) groups excluding carboxylic acids is 2. The number of hydrogen-bond donors (Lipinski definition) is 1. The lowest BCUT2D eigenvalue weighted by Crippen LogP contribution is -2.37. The second kappa shape index (κ2) is 6.79. The fourth-order valence-corrected chi connectivity index (χ4v) is 2.58. The first-order valence-corrected chi connectivity index (χ1v) is 7.56. The highest BCUT2D eigenvalue weighted by atomic mass is 16.5. The Labute approximate surface area is 138 Å². The quantitative estimate of drug-likeness (QED) is 0.693. The maximum Gasteiger partial charge on any atom is 0.327 e. The Kier molecular flexibility index (Phi) is 4.56. The van der Waals surface area contributed by atoms with E-state index in [1.807, 2.05) is 0 Å². The highest BCUT2D eigenvalue weighted by Crippen LogP contribution is 2.17. The van der Waals surface area contributed by atoms with E-state index < -0.39 is 0 Å². The molecule has 0 atom stereocenters. The molecular formula is C14H19N7O3. The first-order chi connectivity index (χ1) is 11.6. The number of methoxy groups -OCH3 is 1. The summed E-state index contributed by atoms with van der Waals surface area (Å²) in [5, 5.41) is 8.07. The van der Waals surface area contributed by atoms with Crippen molar-refractivity contribution < 1.29 is 14.3 Å². The van der Waals surface area contributed by atoms with Gasteiger partial charge in [0.1, 0.15) is 18.7 Å². The van der Waals surface area contributed by atoms with Gasteiger partial charge in [-0.25, -0.2) is 14.8 Å². The van der Waals surface area contributed by atoms with E-state index in [9.17, 15) is 9.59 Å². The van der Waals surface area contributed by atoms with Gasteiger partial charge in [0, 0.05) is 33.8 Å².